The van der Waals surface area contributed by atoms with E-state index in [-0.39, 0.29) is 23.3 Å². The van der Waals surface area contributed by atoms with Gasteiger partial charge in [-0.15, -0.1) is 11.3 Å². The number of carbonyl (C=O) groups excluding carboxylic acids is 1. The minimum absolute atomic E-state index is 0.0458. The van der Waals surface area contributed by atoms with Gasteiger partial charge in [0.1, 0.15) is 27.3 Å². The number of benzene rings is 1. The normalized spacial score (nSPS) is 18.9. The van der Waals surface area contributed by atoms with Crippen molar-refractivity contribution in [3.05, 3.63) is 50.4 Å². The molecule has 0 radical (unpaired) electrons. The number of hydrogen-bond acceptors (Lipinski definition) is 5. The molecule has 28 heavy (non-hydrogen) atoms. The van der Waals surface area contributed by atoms with E-state index >= 15 is 0 Å². The summed E-state index contributed by atoms with van der Waals surface area (Å²) in [5, 5.41) is 17.1. The zero-order chi connectivity index (χ0) is 19.6. The predicted molar refractivity (Wildman–Crippen MR) is 106 cm³/mol. The van der Waals surface area contributed by atoms with Crippen molar-refractivity contribution >= 4 is 49.1 Å². The van der Waals surface area contributed by atoms with Gasteiger partial charge in [0.25, 0.3) is 12.3 Å². The number of thiophene rings is 1. The minimum Gasteiger partial charge on any atom is -0.508 e. The highest BCUT2D eigenvalue weighted by atomic mass is 79.9. The molecule has 3 heterocycles. The van der Waals surface area contributed by atoms with Gasteiger partial charge in [-0.25, -0.2) is 13.8 Å². The zero-order valence-corrected chi connectivity index (χ0v) is 16.7. The molecule has 1 saturated carbocycles. The van der Waals surface area contributed by atoms with Crippen molar-refractivity contribution in [3.63, 3.8) is 0 Å². The Morgan fingerprint density at radius 1 is 1.21 bits per heavy atom. The SMILES string of the molecule is O=C1N[C@@H](c2cc(Br)ccc2O)Nc2c1sc1nc(C(F)F)cc(C3CC3)c21. The number of pyridine rings is 1. The number of nitrogens with zero attached hydrogens (tertiary/aromatic N) is 1. The summed E-state index contributed by atoms with van der Waals surface area (Å²) in [4.78, 5) is 17.7. The molecule has 0 unspecified atom stereocenters. The predicted octanol–water partition coefficient (Wildman–Crippen LogP) is 5.43. The maximum atomic E-state index is 13.3. The number of alkyl halides is 2. The lowest BCUT2D eigenvalue weighted by Crippen LogP contribution is -2.37. The topological polar surface area (TPSA) is 74.2 Å². The lowest BCUT2D eigenvalue weighted by atomic mass is 10.0. The smallest absolute Gasteiger partial charge is 0.280 e. The number of phenols is 1. The Hall–Kier alpha value is -2.26. The van der Waals surface area contributed by atoms with E-state index in [1.165, 1.54) is 6.07 Å². The molecule has 2 aliphatic rings. The number of halogens is 3. The maximum Gasteiger partial charge on any atom is 0.280 e. The molecule has 1 aromatic carbocycles. The number of rotatable bonds is 3. The van der Waals surface area contributed by atoms with E-state index in [0.717, 1.165) is 39.6 Å². The average molecular weight is 466 g/mol. The second-order valence-corrected chi connectivity index (χ2v) is 8.87. The van der Waals surface area contributed by atoms with Crippen molar-refractivity contribution in [2.75, 3.05) is 5.32 Å². The van der Waals surface area contributed by atoms with Crippen LogP contribution in [0, 0.1) is 0 Å². The van der Waals surface area contributed by atoms with Gasteiger partial charge in [-0.3, -0.25) is 4.79 Å². The Bertz CT molecular complexity index is 1130. The van der Waals surface area contributed by atoms with Crippen LogP contribution in [0.4, 0.5) is 14.5 Å². The average Bonchev–Trinajstić information content (AvgIpc) is 3.43. The molecule has 3 aromatic rings. The fraction of sp³-hybridized carbons (Fsp3) is 0.263. The molecule has 1 atom stereocenters. The highest BCUT2D eigenvalue weighted by Gasteiger charge is 2.35. The molecule has 9 heteroatoms. The molecule has 0 saturated heterocycles. The number of anilines is 1. The van der Waals surface area contributed by atoms with Gasteiger partial charge in [0.15, 0.2) is 0 Å². The first-order valence-electron chi connectivity index (χ1n) is 8.73. The first kappa shape index (κ1) is 17.8. The van der Waals surface area contributed by atoms with E-state index < -0.39 is 12.6 Å². The molecule has 1 amide bonds. The van der Waals surface area contributed by atoms with E-state index in [4.69, 9.17) is 0 Å². The van der Waals surface area contributed by atoms with Crippen molar-refractivity contribution in [2.24, 2.45) is 0 Å². The van der Waals surface area contributed by atoms with Gasteiger partial charge in [-0.05, 0) is 48.6 Å². The van der Waals surface area contributed by atoms with Crippen LogP contribution in [0.2, 0.25) is 0 Å². The number of amides is 1. The Morgan fingerprint density at radius 2 is 2.00 bits per heavy atom. The summed E-state index contributed by atoms with van der Waals surface area (Å²) in [6, 6.07) is 6.44. The fourth-order valence-electron chi connectivity index (χ4n) is 3.56. The van der Waals surface area contributed by atoms with Crippen molar-refractivity contribution < 1.29 is 18.7 Å². The number of carbonyl (C=O) groups is 1. The van der Waals surface area contributed by atoms with Crippen molar-refractivity contribution in [2.45, 2.75) is 31.4 Å². The third kappa shape index (κ3) is 2.84. The van der Waals surface area contributed by atoms with Crippen LogP contribution >= 0.6 is 27.3 Å². The van der Waals surface area contributed by atoms with Crippen LogP contribution < -0.4 is 10.6 Å². The Kier molecular flexibility index (Phi) is 4.06. The minimum atomic E-state index is -2.66. The summed E-state index contributed by atoms with van der Waals surface area (Å²) >= 11 is 4.48. The van der Waals surface area contributed by atoms with Crippen LogP contribution in [0.15, 0.2) is 28.7 Å². The van der Waals surface area contributed by atoms with Gasteiger partial charge in [0, 0.05) is 15.4 Å². The number of hydrogen-bond donors (Lipinski definition) is 3. The van der Waals surface area contributed by atoms with E-state index in [1.54, 1.807) is 18.2 Å². The second kappa shape index (κ2) is 6.38. The summed E-state index contributed by atoms with van der Waals surface area (Å²) < 4.78 is 27.4. The van der Waals surface area contributed by atoms with Crippen LogP contribution in [0.5, 0.6) is 5.75 Å². The third-order valence-electron chi connectivity index (χ3n) is 5.02. The monoisotopic (exact) mass is 465 g/mol. The molecular weight excluding hydrogens is 452 g/mol. The molecule has 0 spiro atoms. The molecule has 144 valence electrons. The second-order valence-electron chi connectivity index (χ2n) is 6.95. The Morgan fingerprint density at radius 3 is 2.71 bits per heavy atom. The van der Waals surface area contributed by atoms with Crippen LogP contribution in [-0.2, 0) is 0 Å². The standard InChI is InChI=1S/C19H14BrF2N3O2S/c20-8-3-4-12(26)10(5-8)17-24-14-13-9(7-1-2-7)6-11(16(21)22)23-19(13)28-15(14)18(27)25-17/h3-7,16-17,24,26H,1-2H2,(H,25,27)/t17-/m0/s1. The van der Waals surface area contributed by atoms with Crippen molar-refractivity contribution in [3.8, 4) is 5.75 Å². The quantitative estimate of drug-likeness (QED) is 0.481. The van der Waals surface area contributed by atoms with E-state index in [2.05, 4.69) is 31.5 Å². The molecule has 3 N–H and O–H groups in total. The number of fused-ring (bicyclic) bond motifs is 3. The summed E-state index contributed by atoms with van der Waals surface area (Å²) in [5.41, 5.74) is 1.67. The molecule has 5 rings (SSSR count). The number of nitrogens with one attached hydrogen (secondary N) is 2. The first-order valence-corrected chi connectivity index (χ1v) is 10.3. The lowest BCUT2D eigenvalue weighted by molar-refractivity contribution is 0.0940. The maximum absolute atomic E-state index is 13.3. The third-order valence-corrected chi connectivity index (χ3v) is 6.60. The van der Waals surface area contributed by atoms with E-state index in [0.29, 0.717) is 21.0 Å². The molecular formula is C19H14BrF2N3O2S. The van der Waals surface area contributed by atoms with Crippen LogP contribution in [0.25, 0.3) is 10.2 Å². The van der Waals surface area contributed by atoms with Gasteiger partial charge in [0.2, 0.25) is 0 Å². The van der Waals surface area contributed by atoms with Crippen molar-refractivity contribution in [1.29, 1.82) is 0 Å². The fourth-order valence-corrected chi connectivity index (χ4v) is 5.02. The van der Waals surface area contributed by atoms with Crippen LogP contribution in [0.1, 0.15) is 57.8 Å². The lowest BCUT2D eigenvalue weighted by Gasteiger charge is -2.27. The van der Waals surface area contributed by atoms with Crippen LogP contribution in [-0.4, -0.2) is 16.0 Å². The van der Waals surface area contributed by atoms with Gasteiger partial charge in [-0.2, -0.15) is 0 Å². The number of aromatic nitrogens is 1. The largest absolute Gasteiger partial charge is 0.508 e. The zero-order valence-electron chi connectivity index (χ0n) is 14.3. The van der Waals surface area contributed by atoms with Gasteiger partial charge >= 0.3 is 0 Å². The first-order chi connectivity index (χ1) is 13.4. The molecule has 1 fully saturated rings. The van der Waals surface area contributed by atoms with E-state index in [9.17, 15) is 18.7 Å². The van der Waals surface area contributed by atoms with Gasteiger partial charge in [-0.1, -0.05) is 15.9 Å². The molecule has 0 bridgehead atoms. The van der Waals surface area contributed by atoms with Crippen LogP contribution in [0.3, 0.4) is 0 Å². The van der Waals surface area contributed by atoms with E-state index in [1.807, 2.05) is 0 Å². The number of phenolic OH excluding ortho intramolecular Hbond substituents is 1. The van der Waals surface area contributed by atoms with Crippen molar-refractivity contribution in [1.82, 2.24) is 10.3 Å². The Balaban J connectivity index is 1.67. The highest BCUT2D eigenvalue weighted by molar-refractivity contribution is 9.10. The summed E-state index contributed by atoms with van der Waals surface area (Å²) in [6.45, 7) is 0. The summed E-state index contributed by atoms with van der Waals surface area (Å²) in [5.74, 6) is -0.0582. The number of aromatic hydroxyl groups is 1. The van der Waals surface area contributed by atoms with Gasteiger partial charge < -0.3 is 15.7 Å². The molecule has 2 aromatic heterocycles. The molecule has 1 aliphatic heterocycles. The summed E-state index contributed by atoms with van der Waals surface area (Å²) in [6.07, 6.45) is -1.42. The molecule has 5 nitrogen and oxygen atoms in total. The summed E-state index contributed by atoms with van der Waals surface area (Å²) in [7, 11) is 0. The Labute approximate surface area is 170 Å². The highest BCUT2D eigenvalue weighted by Crippen LogP contribution is 2.50. The molecule has 1 aliphatic carbocycles. The van der Waals surface area contributed by atoms with Gasteiger partial charge in [0.05, 0.1) is 5.69 Å².